The number of carbonyl (C=O) groups excluding carboxylic acids is 1. The Balaban J connectivity index is 2.51. The summed E-state index contributed by atoms with van der Waals surface area (Å²) in [6.45, 7) is 4.09. The molecule has 0 saturated heterocycles. The Morgan fingerprint density at radius 1 is 1.33 bits per heavy atom. The SMILES string of the molecule is CCCCCCC(=O)Nc1cc(Cl)c(C)cc1Br. The standard InChI is InChI=1S/C14H19BrClNO/c1-3-4-5-6-7-14(18)17-13-9-12(16)10(2)8-11(13)15/h8-9H,3-7H2,1-2H3,(H,17,18). The zero-order valence-corrected chi connectivity index (χ0v) is 13.2. The van der Waals surface area contributed by atoms with Crippen LogP contribution in [0.4, 0.5) is 5.69 Å². The van der Waals surface area contributed by atoms with Crippen LogP contribution >= 0.6 is 27.5 Å². The van der Waals surface area contributed by atoms with E-state index in [-0.39, 0.29) is 5.91 Å². The minimum Gasteiger partial charge on any atom is -0.325 e. The molecule has 0 radical (unpaired) electrons. The first-order valence-corrected chi connectivity index (χ1v) is 7.47. The second-order valence-electron chi connectivity index (χ2n) is 4.44. The lowest BCUT2D eigenvalue weighted by molar-refractivity contribution is -0.116. The molecule has 0 atom stereocenters. The summed E-state index contributed by atoms with van der Waals surface area (Å²) in [5, 5.41) is 3.55. The highest BCUT2D eigenvalue weighted by Gasteiger charge is 2.07. The molecule has 100 valence electrons. The number of carbonyl (C=O) groups is 1. The van der Waals surface area contributed by atoms with E-state index in [2.05, 4.69) is 28.2 Å². The van der Waals surface area contributed by atoms with E-state index in [0.29, 0.717) is 11.4 Å². The van der Waals surface area contributed by atoms with Crippen LogP contribution in [0.3, 0.4) is 0 Å². The minimum atomic E-state index is 0.0479. The highest BCUT2D eigenvalue weighted by molar-refractivity contribution is 9.10. The third-order valence-electron chi connectivity index (χ3n) is 2.78. The van der Waals surface area contributed by atoms with Crippen molar-refractivity contribution in [2.45, 2.75) is 46.0 Å². The van der Waals surface area contributed by atoms with Gasteiger partial charge in [-0.15, -0.1) is 0 Å². The molecule has 0 aliphatic rings. The molecular formula is C14H19BrClNO. The number of benzene rings is 1. The second-order valence-corrected chi connectivity index (χ2v) is 5.70. The molecule has 0 aliphatic carbocycles. The fourth-order valence-electron chi connectivity index (χ4n) is 1.67. The Morgan fingerprint density at radius 2 is 2.06 bits per heavy atom. The van der Waals surface area contributed by atoms with E-state index < -0.39 is 0 Å². The Hall–Kier alpha value is -0.540. The summed E-state index contributed by atoms with van der Waals surface area (Å²) in [5.74, 6) is 0.0479. The number of aryl methyl sites for hydroxylation is 1. The molecule has 1 aromatic rings. The van der Waals surface area contributed by atoms with Gasteiger partial charge >= 0.3 is 0 Å². The first-order chi connectivity index (χ1) is 8.54. The fourth-order valence-corrected chi connectivity index (χ4v) is 2.39. The second kappa shape index (κ2) is 7.80. The van der Waals surface area contributed by atoms with Crippen molar-refractivity contribution in [3.8, 4) is 0 Å². The maximum absolute atomic E-state index is 11.7. The molecule has 0 heterocycles. The van der Waals surface area contributed by atoms with E-state index in [1.165, 1.54) is 12.8 Å². The van der Waals surface area contributed by atoms with E-state index in [1.54, 1.807) is 6.07 Å². The van der Waals surface area contributed by atoms with Gasteiger partial charge in [-0.1, -0.05) is 37.8 Å². The van der Waals surface area contributed by atoms with Crippen LogP contribution in [0.25, 0.3) is 0 Å². The van der Waals surface area contributed by atoms with Gasteiger partial charge < -0.3 is 5.32 Å². The van der Waals surface area contributed by atoms with Crippen molar-refractivity contribution >= 4 is 39.1 Å². The normalized spacial score (nSPS) is 10.4. The molecular weight excluding hydrogens is 314 g/mol. The van der Waals surface area contributed by atoms with Gasteiger partial charge in [-0.05, 0) is 47.0 Å². The lowest BCUT2D eigenvalue weighted by Gasteiger charge is -2.09. The minimum absolute atomic E-state index is 0.0479. The molecule has 1 amide bonds. The molecule has 4 heteroatoms. The maximum atomic E-state index is 11.7. The molecule has 0 saturated carbocycles. The number of rotatable bonds is 6. The quantitative estimate of drug-likeness (QED) is 0.702. The number of anilines is 1. The molecule has 1 aromatic carbocycles. The van der Waals surface area contributed by atoms with Gasteiger partial charge in [0.05, 0.1) is 5.69 Å². The highest BCUT2D eigenvalue weighted by Crippen LogP contribution is 2.29. The van der Waals surface area contributed by atoms with Crippen molar-refractivity contribution in [2.24, 2.45) is 0 Å². The summed E-state index contributed by atoms with van der Waals surface area (Å²) in [6.07, 6.45) is 4.99. The monoisotopic (exact) mass is 331 g/mol. The van der Waals surface area contributed by atoms with Crippen molar-refractivity contribution in [3.05, 3.63) is 27.2 Å². The number of amides is 1. The van der Waals surface area contributed by atoms with Crippen molar-refractivity contribution in [1.29, 1.82) is 0 Å². The van der Waals surface area contributed by atoms with Crippen LogP contribution in [-0.4, -0.2) is 5.91 Å². The molecule has 0 bridgehead atoms. The van der Waals surface area contributed by atoms with E-state index in [4.69, 9.17) is 11.6 Å². The molecule has 0 fully saturated rings. The van der Waals surface area contributed by atoms with Crippen LogP contribution < -0.4 is 5.32 Å². The Labute approximate surface area is 122 Å². The predicted molar refractivity (Wildman–Crippen MR) is 81.3 cm³/mol. The number of halogens is 2. The van der Waals surface area contributed by atoms with Crippen molar-refractivity contribution in [2.75, 3.05) is 5.32 Å². The van der Waals surface area contributed by atoms with Gasteiger partial charge in [0.15, 0.2) is 0 Å². The zero-order chi connectivity index (χ0) is 13.5. The number of nitrogens with one attached hydrogen (secondary N) is 1. The zero-order valence-electron chi connectivity index (χ0n) is 10.9. The van der Waals surface area contributed by atoms with Crippen LogP contribution in [0, 0.1) is 6.92 Å². The Morgan fingerprint density at radius 3 is 2.72 bits per heavy atom. The summed E-state index contributed by atoms with van der Waals surface area (Å²) in [5.41, 5.74) is 1.73. The largest absolute Gasteiger partial charge is 0.325 e. The van der Waals surface area contributed by atoms with Crippen LogP contribution in [0.5, 0.6) is 0 Å². The molecule has 1 N–H and O–H groups in total. The summed E-state index contributed by atoms with van der Waals surface area (Å²) in [7, 11) is 0. The van der Waals surface area contributed by atoms with E-state index in [9.17, 15) is 4.79 Å². The van der Waals surface area contributed by atoms with Gasteiger partial charge in [-0.25, -0.2) is 0 Å². The predicted octanol–water partition coefficient (Wildman–Crippen LogP) is 5.32. The summed E-state index contributed by atoms with van der Waals surface area (Å²) in [6, 6.07) is 3.69. The molecule has 1 rings (SSSR count). The molecule has 0 aliphatic heterocycles. The van der Waals surface area contributed by atoms with Crippen LogP contribution in [0.2, 0.25) is 5.02 Å². The smallest absolute Gasteiger partial charge is 0.224 e. The van der Waals surface area contributed by atoms with E-state index in [0.717, 1.165) is 28.6 Å². The van der Waals surface area contributed by atoms with Gasteiger partial charge in [0.1, 0.15) is 0 Å². The third kappa shape index (κ3) is 4.99. The molecule has 2 nitrogen and oxygen atoms in total. The van der Waals surface area contributed by atoms with Gasteiger partial charge in [-0.3, -0.25) is 4.79 Å². The average Bonchev–Trinajstić information content (AvgIpc) is 2.32. The van der Waals surface area contributed by atoms with Crippen molar-refractivity contribution in [1.82, 2.24) is 0 Å². The first-order valence-electron chi connectivity index (χ1n) is 6.30. The Bertz CT molecular complexity index is 421. The fraction of sp³-hybridized carbons (Fsp3) is 0.500. The van der Waals surface area contributed by atoms with Crippen molar-refractivity contribution < 1.29 is 4.79 Å². The van der Waals surface area contributed by atoms with Crippen LogP contribution in [0.15, 0.2) is 16.6 Å². The summed E-state index contributed by atoms with van der Waals surface area (Å²) in [4.78, 5) is 11.7. The lowest BCUT2D eigenvalue weighted by Crippen LogP contribution is -2.11. The summed E-state index contributed by atoms with van der Waals surface area (Å²) >= 11 is 9.47. The van der Waals surface area contributed by atoms with E-state index in [1.807, 2.05) is 13.0 Å². The molecule has 0 unspecified atom stereocenters. The van der Waals surface area contributed by atoms with Gasteiger partial charge in [0, 0.05) is 15.9 Å². The van der Waals surface area contributed by atoms with Gasteiger partial charge in [-0.2, -0.15) is 0 Å². The van der Waals surface area contributed by atoms with Gasteiger partial charge in [0.25, 0.3) is 0 Å². The highest BCUT2D eigenvalue weighted by atomic mass is 79.9. The Kier molecular flexibility index (Phi) is 6.72. The van der Waals surface area contributed by atoms with Crippen LogP contribution in [-0.2, 0) is 4.79 Å². The summed E-state index contributed by atoms with van der Waals surface area (Å²) < 4.78 is 0.867. The average molecular weight is 333 g/mol. The first kappa shape index (κ1) is 15.5. The van der Waals surface area contributed by atoms with E-state index >= 15 is 0 Å². The molecule has 18 heavy (non-hydrogen) atoms. The van der Waals surface area contributed by atoms with Crippen LogP contribution in [0.1, 0.15) is 44.6 Å². The topological polar surface area (TPSA) is 29.1 Å². The van der Waals surface area contributed by atoms with Crippen molar-refractivity contribution in [3.63, 3.8) is 0 Å². The number of unbranched alkanes of at least 4 members (excludes halogenated alkanes) is 3. The van der Waals surface area contributed by atoms with Gasteiger partial charge in [0.2, 0.25) is 5.91 Å². The molecule has 0 aromatic heterocycles. The number of hydrogen-bond donors (Lipinski definition) is 1. The molecule has 0 spiro atoms. The lowest BCUT2D eigenvalue weighted by atomic mass is 10.1. The maximum Gasteiger partial charge on any atom is 0.224 e. The third-order valence-corrected chi connectivity index (χ3v) is 3.84. The number of hydrogen-bond acceptors (Lipinski definition) is 1.